The van der Waals surface area contributed by atoms with Crippen molar-refractivity contribution in [2.45, 2.75) is 19.0 Å². The molecule has 190 valence electrons. The fraction of sp³-hybridized carbons (Fsp3) is 0.160. The van der Waals surface area contributed by atoms with Crippen molar-refractivity contribution in [2.75, 3.05) is 12.0 Å². The number of benzene rings is 3. The zero-order chi connectivity index (χ0) is 26.9. The number of hydrogen-bond acceptors (Lipinski definition) is 4. The maximum Gasteiger partial charge on any atom is 0.264 e. The van der Waals surface area contributed by atoms with Gasteiger partial charge in [0.2, 0.25) is 0 Å². The molecule has 0 aliphatic carbocycles. The number of fused-ring (bicyclic) bond motifs is 1. The van der Waals surface area contributed by atoms with Crippen molar-refractivity contribution in [3.05, 3.63) is 89.0 Å². The molecule has 37 heavy (non-hydrogen) atoms. The van der Waals surface area contributed by atoms with E-state index in [-0.39, 0.29) is 36.9 Å². The Bertz CT molecular complexity index is 1500. The van der Waals surface area contributed by atoms with Gasteiger partial charge in [-0.05, 0) is 42.8 Å². The number of imide groups is 1. The minimum atomic E-state index is -1.32. The Kier molecular flexibility index (Phi) is 6.69. The lowest BCUT2D eigenvalue weighted by Gasteiger charge is -2.50. The van der Waals surface area contributed by atoms with Crippen LogP contribution in [0.25, 0.3) is 0 Å². The molecule has 6 nitrogen and oxygen atoms in total. The monoisotopic (exact) mass is 644 g/mol. The zero-order valence-electron chi connectivity index (χ0n) is 18.9. The summed E-state index contributed by atoms with van der Waals surface area (Å²) < 4.78 is 20.7. The molecular weight excluding hydrogens is 633 g/mol. The molecule has 3 amide bonds. The van der Waals surface area contributed by atoms with E-state index in [0.29, 0.717) is 21.3 Å². The van der Waals surface area contributed by atoms with Crippen molar-refractivity contribution in [2.24, 2.45) is 0 Å². The second-order valence-corrected chi connectivity index (χ2v) is 10.8. The second kappa shape index (κ2) is 9.43. The van der Waals surface area contributed by atoms with Gasteiger partial charge >= 0.3 is 0 Å². The molecule has 3 aromatic carbocycles. The third-order valence-corrected chi connectivity index (χ3v) is 8.72. The minimum absolute atomic E-state index is 0.183. The normalized spacial score (nSPS) is 18.9. The third kappa shape index (κ3) is 3.84. The van der Waals surface area contributed by atoms with Crippen LogP contribution in [0.2, 0.25) is 20.1 Å². The van der Waals surface area contributed by atoms with Gasteiger partial charge in [0.05, 0.1) is 44.4 Å². The summed E-state index contributed by atoms with van der Waals surface area (Å²) in [5, 5.41) is -0.852. The van der Waals surface area contributed by atoms with Crippen LogP contribution < -0.4 is 9.64 Å². The van der Waals surface area contributed by atoms with Gasteiger partial charge in [-0.25, -0.2) is 4.39 Å². The summed E-state index contributed by atoms with van der Waals surface area (Å²) in [7, 11) is 1.45. The number of carbonyl (C=O) groups is 3. The molecular formula is C25H14BrCl4FN2O4. The molecule has 0 bridgehead atoms. The Balaban J connectivity index is 1.68. The van der Waals surface area contributed by atoms with Gasteiger partial charge < -0.3 is 9.64 Å². The average Bonchev–Trinajstić information content (AvgIpc) is 3.12. The smallest absolute Gasteiger partial charge is 0.264 e. The lowest BCUT2D eigenvalue weighted by Crippen LogP contribution is -2.67. The number of rotatable bonds is 4. The summed E-state index contributed by atoms with van der Waals surface area (Å²) in [6.45, 7) is 1.59. The van der Waals surface area contributed by atoms with Crippen LogP contribution in [0.1, 0.15) is 37.9 Å². The molecule has 2 aliphatic heterocycles. The lowest BCUT2D eigenvalue weighted by atomic mass is 9.85. The predicted octanol–water partition coefficient (Wildman–Crippen LogP) is 7.27. The van der Waals surface area contributed by atoms with Crippen LogP contribution in [0.4, 0.5) is 10.1 Å². The Morgan fingerprint density at radius 3 is 1.97 bits per heavy atom. The Hall–Kier alpha value is -2.36. The number of halogens is 6. The van der Waals surface area contributed by atoms with Gasteiger partial charge in [-0.3, -0.25) is 19.3 Å². The first kappa shape index (κ1) is 26.3. The highest BCUT2D eigenvalue weighted by Crippen LogP contribution is 2.50. The largest absolute Gasteiger partial charge is 0.496 e. The molecule has 2 heterocycles. The quantitative estimate of drug-likeness (QED) is 0.129. The van der Waals surface area contributed by atoms with Gasteiger partial charge in [0.25, 0.3) is 17.7 Å². The Morgan fingerprint density at radius 2 is 1.43 bits per heavy atom. The summed E-state index contributed by atoms with van der Waals surface area (Å²) in [6, 6.07) is 7.20. The van der Waals surface area contributed by atoms with E-state index in [9.17, 15) is 18.8 Å². The summed E-state index contributed by atoms with van der Waals surface area (Å²) in [5.74, 6) is -2.44. The lowest BCUT2D eigenvalue weighted by molar-refractivity contribution is -0.130. The van der Waals surface area contributed by atoms with Crippen LogP contribution >= 0.6 is 62.3 Å². The van der Waals surface area contributed by atoms with Crippen LogP contribution in [0.5, 0.6) is 5.75 Å². The van der Waals surface area contributed by atoms with E-state index < -0.39 is 35.6 Å². The van der Waals surface area contributed by atoms with Crippen LogP contribution in [0.3, 0.4) is 0 Å². The highest BCUT2D eigenvalue weighted by Gasteiger charge is 2.59. The van der Waals surface area contributed by atoms with E-state index in [1.54, 1.807) is 31.2 Å². The number of β-lactam (4-membered cyclic amide) rings is 1. The molecule has 2 atom stereocenters. The van der Waals surface area contributed by atoms with Gasteiger partial charge in [0.1, 0.15) is 17.6 Å². The van der Waals surface area contributed by atoms with Crippen molar-refractivity contribution in [3.8, 4) is 5.75 Å². The van der Waals surface area contributed by atoms with E-state index >= 15 is 0 Å². The minimum Gasteiger partial charge on any atom is -0.496 e. The number of nitrogens with zero attached hydrogens (tertiary/aromatic N) is 2. The van der Waals surface area contributed by atoms with Crippen molar-refractivity contribution >= 4 is 85.7 Å². The second-order valence-electron chi connectivity index (χ2n) is 8.40. The fourth-order valence-electron chi connectivity index (χ4n) is 4.61. The molecule has 3 aromatic rings. The molecule has 2 unspecified atom stereocenters. The molecule has 0 aromatic heterocycles. The molecule has 0 radical (unpaired) electrons. The van der Waals surface area contributed by atoms with Gasteiger partial charge in [0.15, 0.2) is 0 Å². The van der Waals surface area contributed by atoms with Crippen LogP contribution in [-0.2, 0) is 4.79 Å². The SMILES string of the molecule is COc1ccc(Br)cc1C1C(N2C(=O)c3c(Cl)c(Cl)c(Cl)c(Cl)c3C2=O)C(=O)N1c1ccc(C)c(F)c1. The number of amides is 3. The Morgan fingerprint density at radius 1 is 0.838 bits per heavy atom. The predicted molar refractivity (Wildman–Crippen MR) is 143 cm³/mol. The van der Waals surface area contributed by atoms with Gasteiger partial charge in [0, 0.05) is 15.7 Å². The summed E-state index contributed by atoms with van der Waals surface area (Å²) in [5.41, 5.74) is 0.642. The first-order valence-electron chi connectivity index (χ1n) is 10.7. The van der Waals surface area contributed by atoms with E-state index in [1.165, 1.54) is 24.1 Å². The first-order valence-corrected chi connectivity index (χ1v) is 13.0. The number of ether oxygens (including phenoxy) is 1. The fourth-order valence-corrected chi connectivity index (χ4v) is 6.00. The molecule has 2 aliphatic rings. The molecule has 1 fully saturated rings. The van der Waals surface area contributed by atoms with E-state index in [2.05, 4.69) is 15.9 Å². The van der Waals surface area contributed by atoms with Crippen molar-refractivity contribution in [1.29, 1.82) is 0 Å². The highest BCUT2D eigenvalue weighted by molar-refractivity contribution is 9.10. The maximum absolute atomic E-state index is 14.5. The molecule has 5 rings (SSSR count). The number of methoxy groups -OCH3 is 1. The average molecular weight is 647 g/mol. The number of anilines is 1. The van der Waals surface area contributed by atoms with Crippen molar-refractivity contribution < 1.29 is 23.5 Å². The highest BCUT2D eigenvalue weighted by atomic mass is 79.9. The van der Waals surface area contributed by atoms with E-state index in [1.807, 2.05) is 0 Å². The molecule has 12 heteroatoms. The van der Waals surface area contributed by atoms with E-state index in [0.717, 1.165) is 4.90 Å². The molecule has 0 N–H and O–H groups in total. The molecule has 0 spiro atoms. The molecule has 0 saturated carbocycles. The standard InChI is InChI=1S/C25H14BrCl4FN2O4/c1-9-3-5-11(8-13(9)31)32-21(12-7-10(26)4-6-14(12)37-2)22(25(32)36)33-23(34)15-16(24(33)35)18(28)20(30)19(29)17(15)27/h3-8,21-22H,1-2H3. The van der Waals surface area contributed by atoms with Crippen LogP contribution in [-0.4, -0.2) is 35.8 Å². The summed E-state index contributed by atoms with van der Waals surface area (Å²) >= 11 is 28.2. The van der Waals surface area contributed by atoms with Gasteiger partial charge in [-0.1, -0.05) is 68.4 Å². The first-order chi connectivity index (χ1) is 17.5. The number of carbonyl (C=O) groups excluding carboxylic acids is 3. The van der Waals surface area contributed by atoms with E-state index in [4.69, 9.17) is 51.1 Å². The number of hydrogen-bond donors (Lipinski definition) is 0. The third-order valence-electron chi connectivity index (χ3n) is 6.42. The van der Waals surface area contributed by atoms with Crippen molar-refractivity contribution in [1.82, 2.24) is 4.90 Å². The maximum atomic E-state index is 14.5. The van der Waals surface area contributed by atoms with Crippen molar-refractivity contribution in [3.63, 3.8) is 0 Å². The van der Waals surface area contributed by atoms with Gasteiger partial charge in [-0.15, -0.1) is 0 Å². The molecule has 1 saturated heterocycles. The summed E-state index contributed by atoms with van der Waals surface area (Å²) in [4.78, 5) is 42.9. The summed E-state index contributed by atoms with van der Waals surface area (Å²) in [6.07, 6.45) is 0. The van der Waals surface area contributed by atoms with Crippen LogP contribution in [0, 0.1) is 12.7 Å². The number of aryl methyl sites for hydroxylation is 1. The Labute approximate surface area is 238 Å². The van der Waals surface area contributed by atoms with Crippen LogP contribution in [0.15, 0.2) is 40.9 Å². The zero-order valence-corrected chi connectivity index (χ0v) is 23.5. The van der Waals surface area contributed by atoms with Gasteiger partial charge in [-0.2, -0.15) is 0 Å². The topological polar surface area (TPSA) is 66.9 Å².